The van der Waals surface area contributed by atoms with Gasteiger partial charge in [-0.2, -0.15) is 0 Å². The Labute approximate surface area is 143 Å². The number of hydrogen-bond donors (Lipinski definition) is 2. The molecular weight excluding hydrogens is 300 g/mol. The minimum absolute atomic E-state index is 0.161. The molecule has 1 fully saturated rings. The molecule has 128 valence electrons. The van der Waals surface area contributed by atoms with Crippen LogP contribution in [-0.4, -0.2) is 23.4 Å². The molecule has 0 aliphatic carbocycles. The first kappa shape index (κ1) is 16.8. The van der Waals surface area contributed by atoms with Crippen molar-refractivity contribution >= 4 is 0 Å². The Morgan fingerprint density at radius 1 is 1.12 bits per heavy atom. The van der Waals surface area contributed by atoms with Gasteiger partial charge in [-0.1, -0.05) is 49.6 Å². The van der Waals surface area contributed by atoms with E-state index in [4.69, 9.17) is 4.74 Å². The summed E-state index contributed by atoms with van der Waals surface area (Å²) < 4.78 is 5.35. The van der Waals surface area contributed by atoms with Gasteiger partial charge in [0.15, 0.2) is 0 Å². The van der Waals surface area contributed by atoms with Gasteiger partial charge in [0, 0.05) is 11.5 Å². The number of benzene rings is 2. The zero-order valence-corrected chi connectivity index (χ0v) is 14.5. The summed E-state index contributed by atoms with van der Waals surface area (Å²) in [6, 6.07) is 9.73. The minimum atomic E-state index is 0.161. The second kappa shape index (κ2) is 7.27. The molecule has 0 aromatic heterocycles. The summed E-state index contributed by atoms with van der Waals surface area (Å²) in [5, 5.41) is 21.5. The fraction of sp³-hybridized carbons (Fsp3) is 0.429. The van der Waals surface area contributed by atoms with E-state index in [2.05, 4.69) is 6.92 Å². The van der Waals surface area contributed by atoms with Crippen LogP contribution in [0.15, 0.2) is 30.3 Å². The number of aromatic hydroxyl groups is 2. The summed E-state index contributed by atoms with van der Waals surface area (Å²) in [6.45, 7) is 5.48. The van der Waals surface area contributed by atoms with Crippen LogP contribution in [0.1, 0.15) is 48.8 Å². The SMILES string of the molecule is CCCCCc1cc(O)c(-c2cccc(C)c2)c(O)c1C1COC1. The Kier molecular flexibility index (Phi) is 5.10. The number of rotatable bonds is 6. The monoisotopic (exact) mass is 326 g/mol. The molecule has 3 nitrogen and oxygen atoms in total. The van der Waals surface area contributed by atoms with Crippen LogP contribution >= 0.6 is 0 Å². The third-order valence-electron chi connectivity index (χ3n) is 4.81. The number of phenolic OH excluding ortho intramolecular Hbond substituents is 2. The van der Waals surface area contributed by atoms with Crippen LogP contribution in [0.2, 0.25) is 0 Å². The average Bonchev–Trinajstić information content (AvgIpc) is 2.49. The van der Waals surface area contributed by atoms with Crippen LogP contribution in [0.5, 0.6) is 11.5 Å². The van der Waals surface area contributed by atoms with Crippen molar-refractivity contribution in [2.75, 3.05) is 13.2 Å². The average molecular weight is 326 g/mol. The summed E-state index contributed by atoms with van der Waals surface area (Å²) in [5.74, 6) is 0.611. The predicted molar refractivity (Wildman–Crippen MR) is 96.7 cm³/mol. The first-order valence-corrected chi connectivity index (χ1v) is 8.84. The van der Waals surface area contributed by atoms with Crippen LogP contribution in [0.3, 0.4) is 0 Å². The Bertz CT molecular complexity index is 717. The van der Waals surface area contributed by atoms with Crippen molar-refractivity contribution in [1.82, 2.24) is 0 Å². The van der Waals surface area contributed by atoms with Crippen molar-refractivity contribution in [3.63, 3.8) is 0 Å². The first-order chi connectivity index (χ1) is 11.6. The second-order valence-corrected chi connectivity index (χ2v) is 6.75. The quantitative estimate of drug-likeness (QED) is 0.741. The van der Waals surface area contributed by atoms with Crippen molar-refractivity contribution in [3.8, 4) is 22.6 Å². The number of aryl methyl sites for hydroxylation is 2. The maximum Gasteiger partial charge on any atom is 0.131 e. The summed E-state index contributed by atoms with van der Waals surface area (Å²) in [7, 11) is 0. The second-order valence-electron chi connectivity index (χ2n) is 6.75. The van der Waals surface area contributed by atoms with E-state index in [0.29, 0.717) is 18.8 Å². The molecule has 0 bridgehead atoms. The zero-order valence-electron chi connectivity index (χ0n) is 14.5. The third-order valence-corrected chi connectivity index (χ3v) is 4.81. The van der Waals surface area contributed by atoms with E-state index in [1.165, 1.54) is 0 Å². The largest absolute Gasteiger partial charge is 0.507 e. The van der Waals surface area contributed by atoms with Gasteiger partial charge in [0.25, 0.3) is 0 Å². The lowest BCUT2D eigenvalue weighted by molar-refractivity contribution is 0.00717. The maximum absolute atomic E-state index is 11.0. The van der Waals surface area contributed by atoms with E-state index in [1.807, 2.05) is 37.3 Å². The maximum atomic E-state index is 11.0. The van der Waals surface area contributed by atoms with Crippen molar-refractivity contribution < 1.29 is 14.9 Å². The number of ether oxygens (including phenoxy) is 1. The summed E-state index contributed by atoms with van der Waals surface area (Å²) in [5.41, 5.74) is 4.52. The van der Waals surface area contributed by atoms with Gasteiger partial charge < -0.3 is 14.9 Å². The lowest BCUT2D eigenvalue weighted by atomic mass is 9.85. The summed E-state index contributed by atoms with van der Waals surface area (Å²) in [4.78, 5) is 0. The molecule has 0 spiro atoms. The molecule has 1 aliphatic heterocycles. The summed E-state index contributed by atoms with van der Waals surface area (Å²) in [6.07, 6.45) is 4.26. The number of hydrogen-bond acceptors (Lipinski definition) is 3. The van der Waals surface area contributed by atoms with E-state index in [0.717, 1.165) is 47.9 Å². The molecule has 0 atom stereocenters. The van der Waals surface area contributed by atoms with Gasteiger partial charge in [0.2, 0.25) is 0 Å². The predicted octanol–water partition coefficient (Wildman–Crippen LogP) is 4.92. The van der Waals surface area contributed by atoms with Gasteiger partial charge in [0.05, 0.1) is 18.8 Å². The molecule has 0 unspecified atom stereocenters. The van der Waals surface area contributed by atoms with E-state index in [-0.39, 0.29) is 17.4 Å². The van der Waals surface area contributed by atoms with Crippen molar-refractivity contribution in [1.29, 1.82) is 0 Å². The number of phenols is 2. The van der Waals surface area contributed by atoms with Crippen LogP contribution in [0.25, 0.3) is 11.1 Å². The molecular formula is C21H26O3. The van der Waals surface area contributed by atoms with Gasteiger partial charge in [0.1, 0.15) is 11.5 Å². The van der Waals surface area contributed by atoms with Gasteiger partial charge in [-0.25, -0.2) is 0 Å². The molecule has 1 heterocycles. The van der Waals surface area contributed by atoms with Crippen LogP contribution in [0.4, 0.5) is 0 Å². The van der Waals surface area contributed by atoms with E-state index < -0.39 is 0 Å². The Morgan fingerprint density at radius 2 is 1.92 bits per heavy atom. The van der Waals surface area contributed by atoms with Crippen LogP contribution < -0.4 is 0 Å². The van der Waals surface area contributed by atoms with Gasteiger partial charge in [-0.05, 0) is 37.0 Å². The standard InChI is InChI=1S/C21H26O3/c1-3-4-5-8-16-11-18(22)20(15-9-6-7-14(2)10-15)21(23)19(16)17-12-24-13-17/h6-7,9-11,17,22-23H,3-5,8,12-13H2,1-2H3. The smallest absolute Gasteiger partial charge is 0.131 e. The van der Waals surface area contributed by atoms with Crippen molar-refractivity contribution in [2.45, 2.75) is 45.4 Å². The topological polar surface area (TPSA) is 49.7 Å². The molecule has 1 saturated heterocycles. The van der Waals surface area contributed by atoms with Gasteiger partial charge in [-0.15, -0.1) is 0 Å². The Balaban J connectivity index is 2.07. The van der Waals surface area contributed by atoms with E-state index >= 15 is 0 Å². The van der Waals surface area contributed by atoms with Crippen LogP contribution in [-0.2, 0) is 11.2 Å². The van der Waals surface area contributed by atoms with Crippen LogP contribution in [0, 0.1) is 6.92 Å². The highest BCUT2D eigenvalue weighted by molar-refractivity contribution is 5.79. The lowest BCUT2D eigenvalue weighted by Crippen LogP contribution is -2.26. The first-order valence-electron chi connectivity index (χ1n) is 8.84. The van der Waals surface area contributed by atoms with Gasteiger partial charge in [-0.3, -0.25) is 0 Å². The fourth-order valence-electron chi connectivity index (χ4n) is 3.44. The zero-order chi connectivity index (χ0) is 17.1. The Hall–Kier alpha value is -2.00. The Morgan fingerprint density at radius 3 is 2.54 bits per heavy atom. The lowest BCUT2D eigenvalue weighted by Gasteiger charge is -2.30. The van der Waals surface area contributed by atoms with Gasteiger partial charge >= 0.3 is 0 Å². The summed E-state index contributed by atoms with van der Waals surface area (Å²) >= 11 is 0. The molecule has 1 aliphatic rings. The van der Waals surface area contributed by atoms with E-state index in [9.17, 15) is 10.2 Å². The highest BCUT2D eigenvalue weighted by atomic mass is 16.5. The number of unbranched alkanes of at least 4 members (excludes halogenated alkanes) is 2. The minimum Gasteiger partial charge on any atom is -0.507 e. The van der Waals surface area contributed by atoms with Crippen molar-refractivity contribution in [3.05, 3.63) is 47.0 Å². The molecule has 2 aromatic rings. The molecule has 0 radical (unpaired) electrons. The molecule has 0 saturated carbocycles. The fourth-order valence-corrected chi connectivity index (χ4v) is 3.44. The molecule has 3 rings (SSSR count). The molecule has 2 aromatic carbocycles. The van der Waals surface area contributed by atoms with E-state index in [1.54, 1.807) is 0 Å². The highest BCUT2D eigenvalue weighted by Crippen LogP contribution is 2.46. The van der Waals surface area contributed by atoms with Crippen molar-refractivity contribution in [2.24, 2.45) is 0 Å². The third kappa shape index (κ3) is 3.27. The highest BCUT2D eigenvalue weighted by Gasteiger charge is 2.29. The molecule has 24 heavy (non-hydrogen) atoms. The molecule has 3 heteroatoms. The molecule has 2 N–H and O–H groups in total. The normalized spacial score (nSPS) is 14.6. The molecule has 0 amide bonds.